The van der Waals surface area contributed by atoms with Crippen molar-refractivity contribution in [1.82, 2.24) is 9.97 Å². The van der Waals surface area contributed by atoms with Crippen molar-refractivity contribution in [3.05, 3.63) is 42.7 Å². The maximum Gasteiger partial charge on any atom is 0.316 e. The molecule has 0 spiro atoms. The molecule has 4 rings (SSSR count). The molecule has 1 saturated carbocycles. The van der Waals surface area contributed by atoms with Crippen LogP contribution in [0, 0.1) is 11.3 Å². The second-order valence-corrected chi connectivity index (χ2v) is 11.0. The molecule has 0 N–H and O–H groups in total. The second-order valence-electron chi connectivity index (χ2n) is 8.99. The molecule has 1 aliphatic rings. The fraction of sp³-hybridized carbons (Fsp3) is 0.458. The molecule has 0 atom stereocenters. The lowest BCUT2D eigenvalue weighted by Gasteiger charge is -2.36. The molecule has 0 unspecified atom stereocenters. The van der Waals surface area contributed by atoms with Crippen LogP contribution in [0.1, 0.15) is 46.5 Å². The van der Waals surface area contributed by atoms with Gasteiger partial charge < -0.3 is 4.74 Å². The van der Waals surface area contributed by atoms with Crippen LogP contribution in [-0.4, -0.2) is 27.8 Å². The third kappa shape index (κ3) is 5.03. The van der Waals surface area contributed by atoms with Crippen LogP contribution in [0.4, 0.5) is 0 Å². The van der Waals surface area contributed by atoms with E-state index in [0.717, 1.165) is 45.8 Å². The standard InChI is InChI=1S/C24H28N2O2S2/c1-24(2,3)17-9-11-18(12-10-17)28-21(27)14-29-22-19-13-20(16-7-5-4-6-8-16)30-23(19)26-15-25-22/h4-8,13,15,17-18H,9-12,14H2,1-3H3. The number of carbonyl (C=O) groups excluding carboxylic acids is 1. The SMILES string of the molecule is CC(C)(C)C1CCC(OC(=O)CSc2ncnc3sc(-c4ccccc4)cc23)CC1. The highest BCUT2D eigenvalue weighted by Crippen LogP contribution is 2.39. The van der Waals surface area contributed by atoms with Gasteiger partial charge in [0.25, 0.3) is 0 Å². The Morgan fingerprint density at radius 3 is 2.57 bits per heavy atom. The number of rotatable bonds is 5. The molecule has 3 aromatic rings. The van der Waals surface area contributed by atoms with Crippen molar-refractivity contribution < 1.29 is 9.53 Å². The lowest BCUT2D eigenvalue weighted by atomic mass is 9.72. The van der Waals surface area contributed by atoms with E-state index >= 15 is 0 Å². The number of hydrogen-bond donors (Lipinski definition) is 0. The van der Waals surface area contributed by atoms with Gasteiger partial charge in [-0.2, -0.15) is 0 Å². The molecule has 0 amide bonds. The molecule has 0 saturated heterocycles. The summed E-state index contributed by atoms with van der Waals surface area (Å²) >= 11 is 3.09. The highest BCUT2D eigenvalue weighted by molar-refractivity contribution is 8.00. The van der Waals surface area contributed by atoms with Crippen LogP contribution in [0.2, 0.25) is 0 Å². The maximum atomic E-state index is 12.4. The summed E-state index contributed by atoms with van der Waals surface area (Å²) in [7, 11) is 0. The number of thioether (sulfide) groups is 1. The Labute approximate surface area is 186 Å². The van der Waals surface area contributed by atoms with E-state index in [4.69, 9.17) is 4.74 Å². The first-order chi connectivity index (χ1) is 14.4. The van der Waals surface area contributed by atoms with Crippen molar-refractivity contribution in [2.24, 2.45) is 11.3 Å². The largest absolute Gasteiger partial charge is 0.462 e. The fourth-order valence-electron chi connectivity index (χ4n) is 4.09. The molecule has 1 fully saturated rings. The van der Waals surface area contributed by atoms with E-state index in [1.807, 2.05) is 18.2 Å². The normalized spacial score (nSPS) is 19.7. The topological polar surface area (TPSA) is 52.1 Å². The number of nitrogens with zero attached hydrogens (tertiary/aromatic N) is 2. The van der Waals surface area contributed by atoms with Crippen LogP contribution < -0.4 is 0 Å². The smallest absolute Gasteiger partial charge is 0.316 e. The number of benzene rings is 1. The van der Waals surface area contributed by atoms with Crippen LogP contribution in [0.15, 0.2) is 47.8 Å². The van der Waals surface area contributed by atoms with E-state index in [0.29, 0.717) is 11.3 Å². The molecule has 1 aromatic carbocycles. The first-order valence-corrected chi connectivity index (χ1v) is 12.3. The Hall–Kier alpha value is -1.92. The van der Waals surface area contributed by atoms with Crippen molar-refractivity contribution in [3.63, 3.8) is 0 Å². The van der Waals surface area contributed by atoms with E-state index in [1.54, 1.807) is 17.7 Å². The summed E-state index contributed by atoms with van der Waals surface area (Å²) in [6.45, 7) is 6.91. The molecule has 2 heterocycles. The van der Waals surface area contributed by atoms with Gasteiger partial charge in [0.2, 0.25) is 0 Å². The highest BCUT2D eigenvalue weighted by Gasteiger charge is 2.31. The summed E-state index contributed by atoms with van der Waals surface area (Å²) in [5.74, 6) is 0.847. The molecular formula is C24H28N2O2S2. The summed E-state index contributed by atoms with van der Waals surface area (Å²) in [4.78, 5) is 23.4. The number of thiophene rings is 1. The molecule has 6 heteroatoms. The molecule has 158 valence electrons. The lowest BCUT2D eigenvalue weighted by molar-refractivity contribution is -0.148. The molecule has 0 bridgehead atoms. The van der Waals surface area contributed by atoms with Crippen molar-refractivity contribution in [1.29, 1.82) is 0 Å². The van der Waals surface area contributed by atoms with Gasteiger partial charge in [0, 0.05) is 10.3 Å². The zero-order chi connectivity index (χ0) is 21.1. The number of carbonyl (C=O) groups is 1. The van der Waals surface area contributed by atoms with Gasteiger partial charge in [-0.1, -0.05) is 62.9 Å². The van der Waals surface area contributed by atoms with Gasteiger partial charge in [0.05, 0.1) is 5.75 Å². The quantitative estimate of drug-likeness (QED) is 0.254. The average molecular weight is 441 g/mol. The van der Waals surface area contributed by atoms with Gasteiger partial charge in [0.1, 0.15) is 22.3 Å². The number of hydrogen-bond acceptors (Lipinski definition) is 6. The summed E-state index contributed by atoms with van der Waals surface area (Å²) in [5.41, 5.74) is 1.50. The van der Waals surface area contributed by atoms with E-state index in [-0.39, 0.29) is 17.8 Å². The Morgan fingerprint density at radius 1 is 1.13 bits per heavy atom. The maximum absolute atomic E-state index is 12.4. The van der Waals surface area contributed by atoms with Crippen LogP contribution in [0.25, 0.3) is 20.7 Å². The van der Waals surface area contributed by atoms with Crippen molar-refractivity contribution in [2.45, 2.75) is 57.6 Å². The van der Waals surface area contributed by atoms with Gasteiger partial charge in [-0.05, 0) is 48.6 Å². The third-order valence-electron chi connectivity index (χ3n) is 5.87. The van der Waals surface area contributed by atoms with Crippen LogP contribution in [0.3, 0.4) is 0 Å². The number of fused-ring (bicyclic) bond motifs is 1. The Kier molecular flexibility index (Phi) is 6.44. The zero-order valence-corrected chi connectivity index (χ0v) is 19.4. The van der Waals surface area contributed by atoms with Gasteiger partial charge in [-0.25, -0.2) is 9.97 Å². The predicted octanol–water partition coefficient (Wildman–Crippen LogP) is 6.60. The molecular weight excluding hydrogens is 412 g/mol. The van der Waals surface area contributed by atoms with Crippen molar-refractivity contribution in [3.8, 4) is 10.4 Å². The van der Waals surface area contributed by atoms with Gasteiger partial charge >= 0.3 is 5.97 Å². The van der Waals surface area contributed by atoms with Gasteiger partial charge in [-0.3, -0.25) is 4.79 Å². The average Bonchev–Trinajstić information content (AvgIpc) is 3.18. The van der Waals surface area contributed by atoms with Gasteiger partial charge in [0.15, 0.2) is 0 Å². The van der Waals surface area contributed by atoms with Crippen LogP contribution in [0.5, 0.6) is 0 Å². The van der Waals surface area contributed by atoms with E-state index in [1.165, 1.54) is 17.3 Å². The number of ether oxygens (including phenoxy) is 1. The summed E-state index contributed by atoms with van der Waals surface area (Å²) in [6, 6.07) is 12.4. The minimum atomic E-state index is -0.149. The number of esters is 1. The number of aromatic nitrogens is 2. The highest BCUT2D eigenvalue weighted by atomic mass is 32.2. The summed E-state index contributed by atoms with van der Waals surface area (Å²) in [6.07, 6.45) is 5.86. The predicted molar refractivity (Wildman–Crippen MR) is 125 cm³/mol. The molecule has 1 aliphatic carbocycles. The second kappa shape index (κ2) is 9.06. The molecule has 30 heavy (non-hydrogen) atoms. The molecule has 4 nitrogen and oxygen atoms in total. The summed E-state index contributed by atoms with van der Waals surface area (Å²) < 4.78 is 5.76. The monoisotopic (exact) mass is 440 g/mol. The zero-order valence-electron chi connectivity index (χ0n) is 17.8. The van der Waals surface area contributed by atoms with E-state index in [2.05, 4.69) is 48.9 Å². The molecule has 2 aromatic heterocycles. The lowest BCUT2D eigenvalue weighted by Crippen LogP contribution is -2.30. The van der Waals surface area contributed by atoms with Crippen molar-refractivity contribution >= 4 is 39.3 Å². The minimum absolute atomic E-state index is 0.0629. The minimum Gasteiger partial charge on any atom is -0.462 e. The molecule has 0 radical (unpaired) electrons. The van der Waals surface area contributed by atoms with E-state index in [9.17, 15) is 4.79 Å². The van der Waals surface area contributed by atoms with Crippen LogP contribution >= 0.6 is 23.1 Å². The molecule has 0 aliphatic heterocycles. The first-order valence-electron chi connectivity index (χ1n) is 10.5. The van der Waals surface area contributed by atoms with Gasteiger partial charge in [-0.15, -0.1) is 11.3 Å². The third-order valence-corrected chi connectivity index (χ3v) is 7.95. The van der Waals surface area contributed by atoms with E-state index < -0.39 is 0 Å². The van der Waals surface area contributed by atoms with Crippen LogP contribution in [-0.2, 0) is 9.53 Å². The fourth-order valence-corrected chi connectivity index (χ4v) is 5.91. The van der Waals surface area contributed by atoms with Crippen molar-refractivity contribution in [2.75, 3.05) is 5.75 Å². The Morgan fingerprint density at radius 2 is 1.87 bits per heavy atom. The Bertz CT molecular complexity index is 1000. The summed E-state index contributed by atoms with van der Waals surface area (Å²) in [5, 5.41) is 1.84. The Balaban J connectivity index is 1.36. The first kappa shape index (κ1) is 21.3.